The molecule has 3 nitrogen and oxygen atoms in total. The number of likely N-dealkylation sites (N-methyl/N-ethyl adjacent to an activating group) is 1. The molecule has 2 rings (SSSR count). The first kappa shape index (κ1) is 15.4. The van der Waals surface area contributed by atoms with Crippen molar-refractivity contribution in [3.63, 3.8) is 0 Å². The van der Waals surface area contributed by atoms with Crippen molar-refractivity contribution in [2.24, 2.45) is 5.73 Å². The van der Waals surface area contributed by atoms with Crippen LogP contribution in [0.5, 0.6) is 0 Å². The van der Waals surface area contributed by atoms with Crippen LogP contribution in [0.1, 0.15) is 23.1 Å². The molecule has 1 unspecified atom stereocenters. The van der Waals surface area contributed by atoms with Crippen LogP contribution >= 0.6 is 23.2 Å². The molecule has 0 radical (unpaired) electrons. The van der Waals surface area contributed by atoms with Crippen molar-refractivity contribution in [3.8, 4) is 0 Å². The van der Waals surface area contributed by atoms with E-state index in [0.717, 1.165) is 17.1 Å². The number of aryl methyl sites for hydroxylation is 1. The standard InChI is InChI=1S/C15H18Cl2N2O/c1-10-6-7-11(20-10)9-19(2)14(8-18)12-4-3-5-13(16)15(12)17/h3-7,14H,8-9,18H2,1-2H3. The van der Waals surface area contributed by atoms with E-state index in [4.69, 9.17) is 33.4 Å². The molecule has 0 aliphatic rings. The van der Waals surface area contributed by atoms with Crippen molar-refractivity contribution >= 4 is 23.2 Å². The van der Waals surface area contributed by atoms with Crippen LogP contribution in [0.25, 0.3) is 0 Å². The highest BCUT2D eigenvalue weighted by Crippen LogP contribution is 2.32. The molecule has 2 N–H and O–H groups in total. The minimum Gasteiger partial charge on any atom is -0.465 e. The van der Waals surface area contributed by atoms with Gasteiger partial charge in [-0.05, 0) is 37.7 Å². The molecule has 5 heteroatoms. The van der Waals surface area contributed by atoms with Crippen LogP contribution in [0.15, 0.2) is 34.7 Å². The highest BCUT2D eigenvalue weighted by atomic mass is 35.5. The fraction of sp³-hybridized carbons (Fsp3) is 0.333. The van der Waals surface area contributed by atoms with Gasteiger partial charge in [-0.15, -0.1) is 0 Å². The molecule has 1 atom stereocenters. The van der Waals surface area contributed by atoms with Crippen molar-refractivity contribution in [2.75, 3.05) is 13.6 Å². The fourth-order valence-corrected chi connectivity index (χ4v) is 2.68. The quantitative estimate of drug-likeness (QED) is 0.906. The first-order chi connectivity index (χ1) is 9.52. The zero-order chi connectivity index (χ0) is 14.7. The summed E-state index contributed by atoms with van der Waals surface area (Å²) in [4.78, 5) is 2.11. The summed E-state index contributed by atoms with van der Waals surface area (Å²) in [5.41, 5.74) is 6.85. The molecule has 0 aliphatic carbocycles. The number of halogens is 2. The smallest absolute Gasteiger partial charge is 0.118 e. The van der Waals surface area contributed by atoms with Crippen LogP contribution in [0.4, 0.5) is 0 Å². The summed E-state index contributed by atoms with van der Waals surface area (Å²) >= 11 is 12.4. The Bertz CT molecular complexity index is 583. The van der Waals surface area contributed by atoms with E-state index < -0.39 is 0 Å². The minimum atomic E-state index is -0.00777. The highest BCUT2D eigenvalue weighted by molar-refractivity contribution is 6.42. The average molecular weight is 313 g/mol. The Morgan fingerprint density at radius 2 is 2.00 bits per heavy atom. The van der Waals surface area contributed by atoms with Crippen molar-refractivity contribution in [1.82, 2.24) is 4.90 Å². The topological polar surface area (TPSA) is 42.4 Å². The molecule has 0 saturated carbocycles. The fourth-order valence-electron chi connectivity index (χ4n) is 2.25. The lowest BCUT2D eigenvalue weighted by atomic mass is 10.1. The molecule has 108 valence electrons. The zero-order valence-electron chi connectivity index (χ0n) is 11.6. The van der Waals surface area contributed by atoms with Gasteiger partial charge in [-0.25, -0.2) is 0 Å². The molecule has 1 aromatic carbocycles. The Kier molecular flexibility index (Phi) is 5.11. The SMILES string of the molecule is Cc1ccc(CN(C)C(CN)c2cccc(Cl)c2Cl)o1. The van der Waals surface area contributed by atoms with Crippen molar-refractivity contribution in [1.29, 1.82) is 0 Å². The number of hydrogen-bond donors (Lipinski definition) is 1. The van der Waals surface area contributed by atoms with E-state index in [0.29, 0.717) is 23.1 Å². The molecule has 0 bridgehead atoms. The van der Waals surface area contributed by atoms with Crippen LogP contribution in [-0.2, 0) is 6.54 Å². The summed E-state index contributed by atoms with van der Waals surface area (Å²) in [7, 11) is 1.99. The summed E-state index contributed by atoms with van der Waals surface area (Å²) < 4.78 is 5.60. The van der Waals surface area contributed by atoms with Gasteiger partial charge in [0.1, 0.15) is 11.5 Å². The third-order valence-corrected chi connectivity index (χ3v) is 4.13. The van der Waals surface area contributed by atoms with Gasteiger partial charge in [0.15, 0.2) is 0 Å². The van der Waals surface area contributed by atoms with Crippen LogP contribution < -0.4 is 5.73 Å². The number of benzene rings is 1. The lowest BCUT2D eigenvalue weighted by Crippen LogP contribution is -2.30. The Labute approximate surface area is 129 Å². The van der Waals surface area contributed by atoms with Gasteiger partial charge in [0.05, 0.1) is 16.6 Å². The summed E-state index contributed by atoms with van der Waals surface area (Å²) in [5.74, 6) is 1.81. The molecular weight excluding hydrogens is 295 g/mol. The largest absolute Gasteiger partial charge is 0.465 e. The van der Waals surface area contributed by atoms with Crippen LogP contribution in [-0.4, -0.2) is 18.5 Å². The lowest BCUT2D eigenvalue weighted by molar-refractivity contribution is 0.222. The molecule has 0 spiro atoms. The monoisotopic (exact) mass is 312 g/mol. The van der Waals surface area contributed by atoms with E-state index in [9.17, 15) is 0 Å². The summed E-state index contributed by atoms with van der Waals surface area (Å²) in [6, 6.07) is 9.53. The molecular formula is C15H18Cl2N2O. The minimum absolute atomic E-state index is 0.00777. The Balaban J connectivity index is 2.20. The third kappa shape index (κ3) is 3.36. The number of nitrogens with two attached hydrogens (primary N) is 1. The second-order valence-electron chi connectivity index (χ2n) is 4.82. The van der Waals surface area contributed by atoms with Crippen molar-refractivity contribution < 1.29 is 4.42 Å². The first-order valence-corrected chi connectivity index (χ1v) is 7.18. The Hall–Kier alpha value is -1.000. The van der Waals surface area contributed by atoms with Gasteiger partial charge < -0.3 is 10.2 Å². The molecule has 0 saturated heterocycles. The number of nitrogens with zero attached hydrogens (tertiary/aromatic N) is 1. The van der Waals surface area contributed by atoms with E-state index in [1.54, 1.807) is 6.07 Å². The van der Waals surface area contributed by atoms with E-state index in [1.165, 1.54) is 0 Å². The number of rotatable bonds is 5. The maximum atomic E-state index is 6.28. The molecule has 0 amide bonds. The van der Waals surface area contributed by atoms with E-state index in [-0.39, 0.29) is 6.04 Å². The molecule has 0 fully saturated rings. The molecule has 1 aromatic heterocycles. The average Bonchev–Trinajstić information content (AvgIpc) is 2.81. The maximum absolute atomic E-state index is 6.28. The Morgan fingerprint density at radius 3 is 2.60 bits per heavy atom. The molecule has 0 aliphatic heterocycles. The van der Waals surface area contributed by atoms with Crippen molar-refractivity contribution in [2.45, 2.75) is 19.5 Å². The molecule has 20 heavy (non-hydrogen) atoms. The Morgan fingerprint density at radius 1 is 1.25 bits per heavy atom. The predicted octanol–water partition coefficient (Wildman–Crippen LogP) is 4.03. The van der Waals surface area contributed by atoms with Gasteiger partial charge in [0.2, 0.25) is 0 Å². The lowest BCUT2D eigenvalue weighted by Gasteiger charge is -2.27. The highest BCUT2D eigenvalue weighted by Gasteiger charge is 2.20. The van der Waals surface area contributed by atoms with Gasteiger partial charge in [-0.3, -0.25) is 4.90 Å². The second kappa shape index (κ2) is 6.64. The second-order valence-corrected chi connectivity index (χ2v) is 5.61. The van der Waals surface area contributed by atoms with Crippen molar-refractivity contribution in [3.05, 3.63) is 57.5 Å². The third-order valence-electron chi connectivity index (χ3n) is 3.30. The van der Waals surface area contributed by atoms with Gasteiger partial charge in [0, 0.05) is 12.6 Å². The van der Waals surface area contributed by atoms with Gasteiger partial charge in [-0.1, -0.05) is 35.3 Å². The number of furan rings is 1. The summed E-state index contributed by atoms with van der Waals surface area (Å²) in [6.45, 7) is 3.05. The predicted molar refractivity (Wildman–Crippen MR) is 83.2 cm³/mol. The maximum Gasteiger partial charge on any atom is 0.118 e. The van der Waals surface area contributed by atoms with Crippen LogP contribution in [0, 0.1) is 6.92 Å². The van der Waals surface area contributed by atoms with E-state index in [1.807, 2.05) is 38.2 Å². The summed E-state index contributed by atoms with van der Waals surface area (Å²) in [5, 5.41) is 1.11. The molecule has 2 aromatic rings. The number of hydrogen-bond acceptors (Lipinski definition) is 3. The molecule has 1 heterocycles. The van der Waals surface area contributed by atoms with Gasteiger partial charge in [0.25, 0.3) is 0 Å². The first-order valence-electron chi connectivity index (χ1n) is 6.42. The van der Waals surface area contributed by atoms with E-state index in [2.05, 4.69) is 4.90 Å². The van der Waals surface area contributed by atoms with Gasteiger partial charge in [-0.2, -0.15) is 0 Å². The zero-order valence-corrected chi connectivity index (χ0v) is 13.1. The van der Waals surface area contributed by atoms with Gasteiger partial charge >= 0.3 is 0 Å². The van der Waals surface area contributed by atoms with Crippen LogP contribution in [0.2, 0.25) is 10.0 Å². The van der Waals surface area contributed by atoms with Crippen LogP contribution in [0.3, 0.4) is 0 Å². The normalized spacial score (nSPS) is 12.9. The van der Waals surface area contributed by atoms with E-state index >= 15 is 0 Å². The summed E-state index contributed by atoms with van der Waals surface area (Å²) in [6.07, 6.45) is 0.